The molecule has 0 saturated heterocycles. The Hall–Kier alpha value is -1.82. The average molecular weight is 290 g/mol. The number of hydrogen-bond acceptors (Lipinski definition) is 0. The molecule has 0 aliphatic heterocycles. The lowest BCUT2D eigenvalue weighted by Crippen LogP contribution is -2.23. The molecule has 0 unspecified atom stereocenters. The third-order valence-electron chi connectivity index (χ3n) is 4.94. The van der Waals surface area contributed by atoms with Crippen LogP contribution in [0.25, 0.3) is 5.57 Å². The summed E-state index contributed by atoms with van der Waals surface area (Å²) in [5.41, 5.74) is 4.68. The molecule has 0 amide bonds. The van der Waals surface area contributed by atoms with E-state index in [1.54, 1.807) is 0 Å². The van der Waals surface area contributed by atoms with E-state index in [2.05, 4.69) is 87.5 Å². The standard InChI is InChI=1S/C22H26/c1-22(2,3)19-14-15-20(17-10-6-4-7-11-17)21(16-19)18-12-8-5-9-13-18/h4-13,16,19-20H,14-15H2,1-3H3/t19-,20-/m0/s1. The van der Waals surface area contributed by atoms with Crippen molar-refractivity contribution in [2.24, 2.45) is 11.3 Å². The third-order valence-corrected chi connectivity index (χ3v) is 4.94. The smallest absolute Gasteiger partial charge is 0.00924 e. The zero-order valence-electron chi connectivity index (χ0n) is 13.9. The molecule has 0 nitrogen and oxygen atoms in total. The molecule has 2 aromatic rings. The van der Waals surface area contributed by atoms with Gasteiger partial charge in [-0.3, -0.25) is 0 Å². The summed E-state index contributed by atoms with van der Waals surface area (Å²) in [6.45, 7) is 7.08. The van der Waals surface area contributed by atoms with Crippen LogP contribution in [0.5, 0.6) is 0 Å². The van der Waals surface area contributed by atoms with Gasteiger partial charge in [-0.2, -0.15) is 0 Å². The summed E-state index contributed by atoms with van der Waals surface area (Å²) >= 11 is 0. The minimum absolute atomic E-state index is 0.335. The Labute approximate surface area is 134 Å². The van der Waals surface area contributed by atoms with Crippen LogP contribution in [0.3, 0.4) is 0 Å². The van der Waals surface area contributed by atoms with Crippen LogP contribution >= 0.6 is 0 Å². The summed E-state index contributed by atoms with van der Waals surface area (Å²) < 4.78 is 0. The van der Waals surface area contributed by atoms with E-state index < -0.39 is 0 Å². The molecule has 2 aromatic carbocycles. The Kier molecular flexibility index (Phi) is 4.20. The van der Waals surface area contributed by atoms with Crippen molar-refractivity contribution in [2.75, 3.05) is 0 Å². The molecule has 1 aliphatic rings. The molecule has 114 valence electrons. The molecule has 0 heteroatoms. The first-order chi connectivity index (χ1) is 10.6. The van der Waals surface area contributed by atoms with Crippen molar-refractivity contribution in [1.82, 2.24) is 0 Å². The molecule has 1 aliphatic carbocycles. The van der Waals surface area contributed by atoms with Crippen LogP contribution in [0.15, 0.2) is 66.7 Å². The van der Waals surface area contributed by atoms with Crippen molar-refractivity contribution in [1.29, 1.82) is 0 Å². The molecule has 0 saturated carbocycles. The van der Waals surface area contributed by atoms with Crippen LogP contribution in [-0.2, 0) is 0 Å². The lowest BCUT2D eigenvalue weighted by atomic mass is 9.68. The number of hydrogen-bond donors (Lipinski definition) is 0. The van der Waals surface area contributed by atoms with E-state index >= 15 is 0 Å². The fraction of sp³-hybridized carbons (Fsp3) is 0.364. The van der Waals surface area contributed by atoms with Gasteiger partial charge >= 0.3 is 0 Å². The molecule has 0 fully saturated rings. The van der Waals surface area contributed by atoms with Crippen LogP contribution in [0.4, 0.5) is 0 Å². The normalized spacial score (nSPS) is 22.2. The fourth-order valence-electron chi connectivity index (χ4n) is 3.56. The van der Waals surface area contributed by atoms with Gasteiger partial charge in [0.2, 0.25) is 0 Å². The molecule has 0 aromatic heterocycles. The molecule has 2 atom stereocenters. The Balaban J connectivity index is 2.04. The van der Waals surface area contributed by atoms with Crippen molar-refractivity contribution in [3.8, 4) is 0 Å². The maximum Gasteiger partial charge on any atom is 0.00924 e. The van der Waals surface area contributed by atoms with Crippen LogP contribution in [0.1, 0.15) is 50.7 Å². The summed E-state index contributed by atoms with van der Waals surface area (Å²) in [5, 5.41) is 0. The van der Waals surface area contributed by atoms with Crippen molar-refractivity contribution in [2.45, 2.75) is 39.5 Å². The van der Waals surface area contributed by atoms with Gasteiger partial charge < -0.3 is 0 Å². The van der Waals surface area contributed by atoms with E-state index in [0.29, 0.717) is 17.3 Å². The number of allylic oxidation sites excluding steroid dienone is 2. The number of benzene rings is 2. The predicted molar refractivity (Wildman–Crippen MR) is 95.8 cm³/mol. The molecular formula is C22H26. The highest BCUT2D eigenvalue weighted by atomic mass is 14.3. The Morgan fingerprint density at radius 1 is 0.773 bits per heavy atom. The van der Waals surface area contributed by atoms with Crippen molar-refractivity contribution >= 4 is 5.57 Å². The van der Waals surface area contributed by atoms with Gasteiger partial charge in [0.1, 0.15) is 0 Å². The molecule has 0 radical (unpaired) electrons. The van der Waals surface area contributed by atoms with Crippen LogP contribution in [0.2, 0.25) is 0 Å². The van der Waals surface area contributed by atoms with E-state index in [0.717, 1.165) is 0 Å². The van der Waals surface area contributed by atoms with E-state index in [-0.39, 0.29) is 0 Å². The maximum absolute atomic E-state index is 2.55. The lowest BCUT2D eigenvalue weighted by Gasteiger charge is -2.36. The van der Waals surface area contributed by atoms with E-state index in [1.165, 1.54) is 29.5 Å². The van der Waals surface area contributed by atoms with Crippen molar-refractivity contribution < 1.29 is 0 Å². The van der Waals surface area contributed by atoms with Gasteiger partial charge in [-0.25, -0.2) is 0 Å². The van der Waals surface area contributed by atoms with E-state index in [9.17, 15) is 0 Å². The molecular weight excluding hydrogens is 264 g/mol. The predicted octanol–water partition coefficient (Wildman–Crippen LogP) is 6.31. The first-order valence-electron chi connectivity index (χ1n) is 8.38. The fourth-order valence-corrected chi connectivity index (χ4v) is 3.56. The third kappa shape index (κ3) is 3.16. The molecule has 3 rings (SSSR count). The van der Waals surface area contributed by atoms with Crippen LogP contribution < -0.4 is 0 Å². The van der Waals surface area contributed by atoms with Gasteiger partial charge in [0.15, 0.2) is 0 Å². The topological polar surface area (TPSA) is 0 Å². The first kappa shape index (κ1) is 15.1. The average Bonchev–Trinajstić information content (AvgIpc) is 2.55. The summed E-state index contributed by atoms with van der Waals surface area (Å²) in [6, 6.07) is 21.9. The van der Waals surface area contributed by atoms with Crippen LogP contribution in [-0.4, -0.2) is 0 Å². The largest absolute Gasteiger partial charge is 0.0765 e. The molecule has 0 bridgehead atoms. The van der Waals surface area contributed by atoms with Gasteiger partial charge in [-0.15, -0.1) is 0 Å². The molecule has 22 heavy (non-hydrogen) atoms. The van der Waals surface area contributed by atoms with Crippen molar-refractivity contribution in [3.63, 3.8) is 0 Å². The monoisotopic (exact) mass is 290 g/mol. The molecule has 0 N–H and O–H groups in total. The zero-order valence-corrected chi connectivity index (χ0v) is 13.9. The Morgan fingerprint density at radius 3 is 1.95 bits per heavy atom. The van der Waals surface area contributed by atoms with Gasteiger partial charge in [-0.05, 0) is 40.9 Å². The van der Waals surface area contributed by atoms with Gasteiger partial charge in [0, 0.05) is 5.92 Å². The second kappa shape index (κ2) is 6.12. The van der Waals surface area contributed by atoms with Crippen LogP contribution in [0, 0.1) is 11.3 Å². The lowest BCUT2D eigenvalue weighted by molar-refractivity contribution is 0.265. The quantitative estimate of drug-likeness (QED) is 0.608. The minimum Gasteiger partial charge on any atom is -0.0765 e. The summed E-state index contributed by atoms with van der Waals surface area (Å²) in [4.78, 5) is 0. The van der Waals surface area contributed by atoms with Gasteiger partial charge in [0.25, 0.3) is 0 Å². The zero-order chi connectivity index (χ0) is 15.6. The number of rotatable bonds is 2. The van der Waals surface area contributed by atoms with E-state index in [4.69, 9.17) is 0 Å². The van der Waals surface area contributed by atoms with Crippen molar-refractivity contribution in [3.05, 3.63) is 77.9 Å². The minimum atomic E-state index is 0.335. The highest BCUT2D eigenvalue weighted by Gasteiger charge is 2.31. The molecule has 0 spiro atoms. The summed E-state index contributed by atoms with van der Waals surface area (Å²) in [6.07, 6.45) is 5.07. The molecule has 0 heterocycles. The summed E-state index contributed by atoms with van der Waals surface area (Å²) in [5.74, 6) is 1.19. The van der Waals surface area contributed by atoms with Gasteiger partial charge in [-0.1, -0.05) is 87.5 Å². The highest BCUT2D eigenvalue weighted by molar-refractivity contribution is 5.72. The summed E-state index contributed by atoms with van der Waals surface area (Å²) in [7, 11) is 0. The SMILES string of the molecule is CC(C)(C)[C@@H]1C=C(c2ccccc2)[C@H](c2ccccc2)CC1. The maximum atomic E-state index is 2.55. The van der Waals surface area contributed by atoms with Gasteiger partial charge in [0.05, 0.1) is 0 Å². The second-order valence-electron chi connectivity index (χ2n) is 7.50. The first-order valence-corrected chi connectivity index (χ1v) is 8.38. The highest BCUT2D eigenvalue weighted by Crippen LogP contribution is 2.45. The van der Waals surface area contributed by atoms with E-state index in [1.807, 2.05) is 0 Å². The Bertz CT molecular complexity index is 629. The second-order valence-corrected chi connectivity index (χ2v) is 7.50. The Morgan fingerprint density at radius 2 is 1.36 bits per heavy atom.